The van der Waals surface area contributed by atoms with Gasteiger partial charge in [-0.25, -0.2) is 18.4 Å². The molecule has 2 atom stereocenters. The van der Waals surface area contributed by atoms with E-state index in [-0.39, 0.29) is 24.3 Å². The van der Waals surface area contributed by atoms with Gasteiger partial charge < -0.3 is 29.2 Å². The molecule has 1 amide bonds. The fourth-order valence-corrected chi connectivity index (χ4v) is 2.77. The van der Waals surface area contributed by atoms with Crippen molar-refractivity contribution in [3.05, 3.63) is 29.3 Å². The Balaban J connectivity index is 2.07. The molecular formula is C18H22BF2NO8. The largest absolute Gasteiger partial charge is 0.547 e. The van der Waals surface area contributed by atoms with Crippen LogP contribution in [0.15, 0.2) is 18.2 Å². The summed E-state index contributed by atoms with van der Waals surface area (Å²) in [5.41, 5.74) is 0.401. The number of rotatable bonds is 7. The molecule has 0 aromatic heterocycles. The average molecular weight is 429 g/mol. The molecule has 1 heterocycles. The van der Waals surface area contributed by atoms with Crippen LogP contribution >= 0.6 is 0 Å². The lowest BCUT2D eigenvalue weighted by molar-refractivity contribution is -0.127. The lowest BCUT2D eigenvalue weighted by Gasteiger charge is -2.29. The Hall–Kier alpha value is -2.89. The van der Waals surface area contributed by atoms with Crippen LogP contribution in [0.2, 0.25) is 0 Å². The van der Waals surface area contributed by atoms with Crippen LogP contribution < -0.4 is 9.97 Å². The Labute approximate surface area is 171 Å². The van der Waals surface area contributed by atoms with Gasteiger partial charge in [0.05, 0.1) is 19.0 Å². The number of fused-ring (bicyclic) bond motifs is 1. The Morgan fingerprint density at radius 1 is 1.37 bits per heavy atom. The minimum absolute atomic E-state index is 0.0182. The first kappa shape index (κ1) is 23.4. The normalized spacial score (nSPS) is 16.6. The van der Waals surface area contributed by atoms with Gasteiger partial charge in [-0.2, -0.15) is 0 Å². The standard InChI is InChI=1S/C18H22BF2NO8/c1-4-27-17(25)29-10(2)28-16(24)12-7-5-6-11-8-13(19(26)30-15(11)12)22-14(23)9-18(3,20)21/h5-7,10,13,26H,4,8-9H2,1-3H3,(H,22,23). The van der Waals surface area contributed by atoms with Gasteiger partial charge in [-0.05, 0) is 31.9 Å². The zero-order chi connectivity index (χ0) is 22.5. The van der Waals surface area contributed by atoms with Crippen LogP contribution in [0.5, 0.6) is 5.75 Å². The Kier molecular flexibility index (Phi) is 7.60. The first-order valence-electron chi connectivity index (χ1n) is 9.18. The predicted octanol–water partition coefficient (Wildman–Crippen LogP) is 1.85. The number of alkyl halides is 2. The summed E-state index contributed by atoms with van der Waals surface area (Å²) < 4.78 is 45.7. The van der Waals surface area contributed by atoms with Crippen molar-refractivity contribution in [2.24, 2.45) is 0 Å². The minimum Gasteiger partial charge on any atom is -0.534 e. The number of hydrogen-bond acceptors (Lipinski definition) is 8. The fraction of sp³-hybridized carbons (Fsp3) is 0.500. The molecule has 1 aliphatic heterocycles. The Morgan fingerprint density at radius 2 is 2.07 bits per heavy atom. The van der Waals surface area contributed by atoms with Gasteiger partial charge in [-0.1, -0.05) is 12.1 Å². The zero-order valence-corrected chi connectivity index (χ0v) is 16.6. The number of ether oxygens (including phenoxy) is 3. The summed E-state index contributed by atoms with van der Waals surface area (Å²) in [6.45, 7) is 3.60. The minimum atomic E-state index is -3.19. The van der Waals surface area contributed by atoms with Gasteiger partial charge in [0.2, 0.25) is 12.2 Å². The van der Waals surface area contributed by atoms with Crippen LogP contribution in [0.3, 0.4) is 0 Å². The Bertz CT molecular complexity index is 801. The van der Waals surface area contributed by atoms with Crippen molar-refractivity contribution in [3.8, 4) is 5.75 Å². The topological polar surface area (TPSA) is 120 Å². The van der Waals surface area contributed by atoms with E-state index in [1.165, 1.54) is 19.1 Å². The molecule has 2 unspecified atom stereocenters. The molecule has 1 aliphatic rings. The first-order valence-corrected chi connectivity index (χ1v) is 9.18. The van der Waals surface area contributed by atoms with Gasteiger partial charge in [-0.15, -0.1) is 0 Å². The summed E-state index contributed by atoms with van der Waals surface area (Å²) >= 11 is 0. The van der Waals surface area contributed by atoms with Gasteiger partial charge in [0.1, 0.15) is 11.3 Å². The van der Waals surface area contributed by atoms with Crippen molar-refractivity contribution in [1.82, 2.24) is 5.32 Å². The quantitative estimate of drug-likeness (QED) is 0.383. The highest BCUT2D eigenvalue weighted by atomic mass is 19.3. The number of para-hydroxylation sites is 1. The molecule has 0 aliphatic carbocycles. The molecule has 0 radical (unpaired) electrons. The molecule has 12 heteroatoms. The van der Waals surface area contributed by atoms with Gasteiger partial charge in [-0.3, -0.25) is 4.79 Å². The molecule has 2 rings (SSSR count). The van der Waals surface area contributed by atoms with Crippen molar-refractivity contribution < 1.29 is 47.1 Å². The third-order valence-electron chi connectivity index (χ3n) is 3.95. The van der Waals surface area contributed by atoms with Crippen molar-refractivity contribution in [2.75, 3.05) is 6.61 Å². The number of amides is 1. The number of hydrogen-bond donors (Lipinski definition) is 2. The highest BCUT2D eigenvalue weighted by Gasteiger charge is 2.39. The predicted molar refractivity (Wildman–Crippen MR) is 98.9 cm³/mol. The van der Waals surface area contributed by atoms with Crippen LogP contribution in [0, 0.1) is 0 Å². The molecule has 0 saturated carbocycles. The molecule has 0 spiro atoms. The zero-order valence-electron chi connectivity index (χ0n) is 16.6. The fourth-order valence-electron chi connectivity index (χ4n) is 2.77. The third kappa shape index (κ3) is 6.58. The second-order valence-electron chi connectivity index (χ2n) is 6.70. The van der Waals surface area contributed by atoms with Crippen LogP contribution in [0.25, 0.3) is 0 Å². The van der Waals surface area contributed by atoms with Crippen molar-refractivity contribution in [1.29, 1.82) is 0 Å². The molecule has 0 bridgehead atoms. The maximum absolute atomic E-state index is 13.0. The van der Waals surface area contributed by atoms with Crippen LogP contribution in [0.4, 0.5) is 13.6 Å². The molecule has 30 heavy (non-hydrogen) atoms. The number of halogens is 2. The van der Waals surface area contributed by atoms with E-state index in [1.54, 1.807) is 13.0 Å². The summed E-state index contributed by atoms with van der Waals surface area (Å²) in [6, 6.07) is 4.48. The van der Waals surface area contributed by atoms with Gasteiger partial charge >= 0.3 is 19.2 Å². The SMILES string of the molecule is CCOC(=O)OC(C)OC(=O)c1cccc2c1OB(O)C(NC(=O)CC(C)(F)F)C2. The van der Waals surface area contributed by atoms with Gasteiger partial charge in [0.15, 0.2) is 0 Å². The van der Waals surface area contributed by atoms with E-state index in [1.807, 2.05) is 0 Å². The summed E-state index contributed by atoms with van der Waals surface area (Å²) in [4.78, 5) is 35.4. The van der Waals surface area contributed by atoms with Gasteiger partial charge in [0.25, 0.3) is 5.92 Å². The van der Waals surface area contributed by atoms with Gasteiger partial charge in [0, 0.05) is 6.92 Å². The lowest BCUT2D eigenvalue weighted by atomic mass is 9.72. The second-order valence-corrected chi connectivity index (χ2v) is 6.70. The molecule has 164 valence electrons. The van der Waals surface area contributed by atoms with E-state index in [2.05, 4.69) is 10.1 Å². The monoisotopic (exact) mass is 429 g/mol. The molecule has 0 saturated heterocycles. The maximum Gasteiger partial charge on any atom is 0.547 e. The molecule has 1 aromatic carbocycles. The van der Waals surface area contributed by atoms with E-state index in [4.69, 9.17) is 14.1 Å². The average Bonchev–Trinajstić information content (AvgIpc) is 2.60. The van der Waals surface area contributed by atoms with Crippen LogP contribution in [-0.4, -0.2) is 54.9 Å². The molecule has 2 N–H and O–H groups in total. The number of benzene rings is 1. The van der Waals surface area contributed by atoms with Crippen LogP contribution in [-0.2, 0) is 25.4 Å². The number of carbonyl (C=O) groups is 3. The van der Waals surface area contributed by atoms with Crippen LogP contribution in [0.1, 0.15) is 43.1 Å². The maximum atomic E-state index is 13.0. The Morgan fingerprint density at radius 3 is 2.70 bits per heavy atom. The third-order valence-corrected chi connectivity index (χ3v) is 3.95. The summed E-state index contributed by atoms with van der Waals surface area (Å²) in [5.74, 6) is -5.99. The van der Waals surface area contributed by atoms with Crippen molar-refractivity contribution in [3.63, 3.8) is 0 Å². The summed E-state index contributed by atoms with van der Waals surface area (Å²) in [6.07, 6.45) is -3.25. The molecular weight excluding hydrogens is 407 g/mol. The van der Waals surface area contributed by atoms with E-state index < -0.39 is 49.7 Å². The number of esters is 1. The summed E-state index contributed by atoms with van der Waals surface area (Å²) in [5, 5.41) is 12.5. The molecule has 1 aromatic rings. The highest BCUT2D eigenvalue weighted by molar-refractivity contribution is 6.47. The summed E-state index contributed by atoms with van der Waals surface area (Å²) in [7, 11) is -1.57. The van der Waals surface area contributed by atoms with E-state index in [9.17, 15) is 28.2 Å². The first-order chi connectivity index (χ1) is 14.0. The van der Waals surface area contributed by atoms with E-state index in [0.717, 1.165) is 0 Å². The smallest absolute Gasteiger partial charge is 0.534 e. The number of carbonyl (C=O) groups excluding carboxylic acids is 3. The number of nitrogens with one attached hydrogen (secondary N) is 1. The van der Waals surface area contributed by atoms with Crippen molar-refractivity contribution in [2.45, 2.75) is 51.8 Å². The molecule has 0 fully saturated rings. The van der Waals surface area contributed by atoms with Crippen molar-refractivity contribution >= 4 is 25.2 Å². The van der Waals surface area contributed by atoms with E-state index >= 15 is 0 Å². The second kappa shape index (κ2) is 9.74. The van der Waals surface area contributed by atoms with E-state index in [0.29, 0.717) is 12.5 Å². The highest BCUT2D eigenvalue weighted by Crippen LogP contribution is 2.31. The lowest BCUT2D eigenvalue weighted by Crippen LogP contribution is -2.53. The molecule has 9 nitrogen and oxygen atoms in total.